The van der Waals surface area contributed by atoms with Gasteiger partial charge in [-0.2, -0.15) is 0 Å². The van der Waals surface area contributed by atoms with E-state index in [0.717, 1.165) is 13.2 Å². The van der Waals surface area contributed by atoms with Gasteiger partial charge in [-0.1, -0.05) is 6.07 Å². The van der Waals surface area contributed by atoms with Crippen LogP contribution in [0.15, 0.2) is 18.2 Å². The minimum Gasteiger partial charge on any atom is -0.374 e. The summed E-state index contributed by atoms with van der Waals surface area (Å²) in [7, 11) is 0. The highest BCUT2D eigenvalue weighted by Crippen LogP contribution is 2.33. The number of halogens is 1. The Labute approximate surface area is 114 Å². The predicted octanol–water partition coefficient (Wildman–Crippen LogP) is 3.49. The Morgan fingerprint density at radius 3 is 3.06 bits per heavy atom. The number of anilines is 1. The summed E-state index contributed by atoms with van der Waals surface area (Å²) in [6, 6.07) is 7.24. The second-order valence-corrected chi connectivity index (χ2v) is 5.61. The lowest BCUT2D eigenvalue weighted by molar-refractivity contribution is 0.0256. The van der Waals surface area contributed by atoms with Crippen molar-refractivity contribution in [3.63, 3.8) is 0 Å². The maximum absolute atomic E-state index is 5.93. The molecule has 0 spiro atoms. The number of fused-ring (bicyclic) bond motifs is 1. The summed E-state index contributed by atoms with van der Waals surface area (Å²) in [4.78, 5) is 2.53. The van der Waals surface area contributed by atoms with Gasteiger partial charge in [0.15, 0.2) is 0 Å². The van der Waals surface area contributed by atoms with E-state index in [1.807, 2.05) is 0 Å². The molecule has 0 radical (unpaired) electrons. The van der Waals surface area contributed by atoms with Gasteiger partial charge in [-0.25, -0.2) is 0 Å². The molecule has 0 amide bonds. The first-order valence-corrected chi connectivity index (χ1v) is 7.37. The molecule has 1 saturated heterocycles. The zero-order valence-corrected chi connectivity index (χ0v) is 11.6. The van der Waals surface area contributed by atoms with E-state index >= 15 is 0 Å². The van der Waals surface area contributed by atoms with Crippen molar-refractivity contribution in [3.8, 4) is 0 Å². The number of alkyl halides is 1. The van der Waals surface area contributed by atoms with Gasteiger partial charge in [-0.05, 0) is 49.4 Å². The summed E-state index contributed by atoms with van der Waals surface area (Å²) >= 11 is 5.93. The van der Waals surface area contributed by atoms with Crippen molar-refractivity contribution >= 4 is 17.3 Å². The van der Waals surface area contributed by atoms with Crippen molar-refractivity contribution in [1.82, 2.24) is 0 Å². The van der Waals surface area contributed by atoms with E-state index in [1.165, 1.54) is 36.1 Å². The van der Waals surface area contributed by atoms with Crippen molar-refractivity contribution in [1.29, 1.82) is 0 Å². The van der Waals surface area contributed by atoms with Crippen LogP contribution >= 0.6 is 11.6 Å². The molecule has 0 bridgehead atoms. The summed E-state index contributed by atoms with van der Waals surface area (Å²) in [5, 5.41) is 0. The molecule has 0 aromatic heterocycles. The minimum absolute atomic E-state index is 0.451. The SMILES string of the molecule is Cc1cc(N2CCOC3CCCC32)ccc1CCl. The van der Waals surface area contributed by atoms with Gasteiger partial charge < -0.3 is 9.64 Å². The third kappa shape index (κ3) is 2.12. The lowest BCUT2D eigenvalue weighted by Crippen LogP contribution is -2.48. The molecule has 2 atom stereocenters. The summed E-state index contributed by atoms with van der Waals surface area (Å²) < 4.78 is 5.87. The zero-order chi connectivity index (χ0) is 12.5. The molecule has 2 fully saturated rings. The van der Waals surface area contributed by atoms with Gasteiger partial charge in [0.1, 0.15) is 0 Å². The van der Waals surface area contributed by atoms with E-state index in [0.29, 0.717) is 18.0 Å². The first kappa shape index (κ1) is 12.3. The molecule has 1 aromatic rings. The Morgan fingerprint density at radius 2 is 2.28 bits per heavy atom. The van der Waals surface area contributed by atoms with Crippen LogP contribution in [0.3, 0.4) is 0 Å². The smallest absolute Gasteiger partial charge is 0.0779 e. The van der Waals surface area contributed by atoms with Crippen molar-refractivity contribution in [2.45, 2.75) is 44.2 Å². The molecular weight excluding hydrogens is 246 g/mol. The summed E-state index contributed by atoms with van der Waals surface area (Å²) in [5.74, 6) is 0.598. The number of morpholine rings is 1. The number of hydrogen-bond acceptors (Lipinski definition) is 2. The van der Waals surface area contributed by atoms with Gasteiger partial charge in [-0.15, -0.1) is 11.6 Å². The summed E-state index contributed by atoms with van der Waals surface area (Å²) in [6.07, 6.45) is 4.23. The van der Waals surface area contributed by atoms with Crippen LogP contribution in [0, 0.1) is 6.92 Å². The number of rotatable bonds is 2. The second-order valence-electron chi connectivity index (χ2n) is 5.35. The molecule has 18 heavy (non-hydrogen) atoms. The van der Waals surface area contributed by atoms with E-state index in [2.05, 4.69) is 30.0 Å². The highest BCUT2D eigenvalue weighted by molar-refractivity contribution is 6.17. The van der Waals surface area contributed by atoms with Crippen LogP contribution in [0.1, 0.15) is 30.4 Å². The standard InChI is InChI=1S/C15H20ClNO/c1-11-9-13(6-5-12(11)10-16)17-7-8-18-15-4-2-3-14(15)17/h5-6,9,14-15H,2-4,7-8,10H2,1H3. The molecule has 0 N–H and O–H groups in total. The fourth-order valence-corrected chi connectivity index (χ4v) is 3.55. The van der Waals surface area contributed by atoms with Crippen molar-refractivity contribution < 1.29 is 4.74 Å². The van der Waals surface area contributed by atoms with E-state index in [1.54, 1.807) is 0 Å². The van der Waals surface area contributed by atoms with Gasteiger partial charge >= 0.3 is 0 Å². The van der Waals surface area contributed by atoms with Gasteiger partial charge in [-0.3, -0.25) is 0 Å². The molecule has 1 aliphatic carbocycles. The molecule has 1 heterocycles. The Bertz CT molecular complexity index is 435. The van der Waals surface area contributed by atoms with Gasteiger partial charge in [0.2, 0.25) is 0 Å². The molecule has 2 nitrogen and oxygen atoms in total. The highest BCUT2D eigenvalue weighted by atomic mass is 35.5. The lowest BCUT2D eigenvalue weighted by atomic mass is 10.1. The van der Waals surface area contributed by atoms with E-state index < -0.39 is 0 Å². The van der Waals surface area contributed by atoms with Crippen LogP contribution in [0.25, 0.3) is 0 Å². The molecule has 3 heteroatoms. The molecule has 1 aliphatic heterocycles. The largest absolute Gasteiger partial charge is 0.374 e. The number of ether oxygens (including phenoxy) is 1. The fourth-order valence-electron chi connectivity index (χ4n) is 3.25. The van der Waals surface area contributed by atoms with Crippen LogP contribution in [0.4, 0.5) is 5.69 Å². The quantitative estimate of drug-likeness (QED) is 0.759. The third-order valence-corrected chi connectivity index (χ3v) is 4.57. The molecular formula is C15H20ClNO. The Balaban J connectivity index is 1.87. The highest BCUT2D eigenvalue weighted by Gasteiger charge is 2.36. The fraction of sp³-hybridized carbons (Fsp3) is 0.600. The van der Waals surface area contributed by atoms with Crippen LogP contribution in [0.5, 0.6) is 0 Å². The third-order valence-electron chi connectivity index (χ3n) is 4.28. The summed E-state index contributed by atoms with van der Waals surface area (Å²) in [5.41, 5.74) is 3.86. The zero-order valence-electron chi connectivity index (χ0n) is 10.9. The monoisotopic (exact) mass is 265 g/mol. The molecule has 98 valence electrons. The Morgan fingerprint density at radius 1 is 1.39 bits per heavy atom. The van der Waals surface area contributed by atoms with Gasteiger partial charge in [0, 0.05) is 18.1 Å². The first-order chi connectivity index (χ1) is 8.79. The maximum atomic E-state index is 5.93. The average molecular weight is 266 g/mol. The Hall–Kier alpha value is -0.730. The van der Waals surface area contributed by atoms with Crippen LogP contribution in [-0.2, 0) is 10.6 Å². The molecule has 2 unspecified atom stereocenters. The Kier molecular flexibility index (Phi) is 3.49. The molecule has 2 aliphatic rings. The van der Waals surface area contributed by atoms with E-state index in [9.17, 15) is 0 Å². The van der Waals surface area contributed by atoms with Crippen molar-refractivity contribution in [3.05, 3.63) is 29.3 Å². The molecule has 3 rings (SSSR count). The molecule has 1 saturated carbocycles. The van der Waals surface area contributed by atoms with Crippen LogP contribution < -0.4 is 4.90 Å². The number of aryl methyl sites for hydroxylation is 1. The van der Waals surface area contributed by atoms with Crippen LogP contribution in [-0.4, -0.2) is 25.3 Å². The summed E-state index contributed by atoms with van der Waals surface area (Å²) in [6.45, 7) is 4.02. The van der Waals surface area contributed by atoms with E-state index in [4.69, 9.17) is 16.3 Å². The van der Waals surface area contributed by atoms with E-state index in [-0.39, 0.29) is 0 Å². The predicted molar refractivity (Wildman–Crippen MR) is 75.5 cm³/mol. The van der Waals surface area contributed by atoms with Gasteiger partial charge in [0.05, 0.1) is 18.8 Å². The first-order valence-electron chi connectivity index (χ1n) is 6.83. The second kappa shape index (κ2) is 5.10. The normalized spacial score (nSPS) is 27.3. The maximum Gasteiger partial charge on any atom is 0.0779 e. The number of nitrogens with zero attached hydrogens (tertiary/aromatic N) is 1. The minimum atomic E-state index is 0.451. The lowest BCUT2D eigenvalue weighted by Gasteiger charge is -2.39. The molecule has 1 aromatic carbocycles. The number of hydrogen-bond donors (Lipinski definition) is 0. The average Bonchev–Trinajstić information content (AvgIpc) is 2.86. The topological polar surface area (TPSA) is 12.5 Å². The number of benzene rings is 1. The van der Waals surface area contributed by atoms with Gasteiger partial charge in [0.25, 0.3) is 0 Å². The van der Waals surface area contributed by atoms with Crippen molar-refractivity contribution in [2.24, 2.45) is 0 Å². The van der Waals surface area contributed by atoms with Crippen LogP contribution in [0.2, 0.25) is 0 Å². The van der Waals surface area contributed by atoms with Crippen molar-refractivity contribution in [2.75, 3.05) is 18.1 Å².